The molecule has 0 amide bonds. The lowest BCUT2D eigenvalue weighted by Gasteiger charge is -2.49. The number of aromatic nitrogens is 1. The van der Waals surface area contributed by atoms with Gasteiger partial charge < -0.3 is 20.1 Å². The summed E-state index contributed by atoms with van der Waals surface area (Å²) in [5, 5.41) is 14.0. The van der Waals surface area contributed by atoms with Crippen molar-refractivity contribution in [1.29, 1.82) is 0 Å². The van der Waals surface area contributed by atoms with Crippen LogP contribution in [0.25, 0.3) is 10.9 Å². The first-order valence-corrected chi connectivity index (χ1v) is 12.9. The molecule has 4 rings (SSSR count). The van der Waals surface area contributed by atoms with Gasteiger partial charge in [0.1, 0.15) is 18.2 Å². The number of ether oxygens (including phenoxy) is 1. The number of aliphatic carboxylic acids is 1. The van der Waals surface area contributed by atoms with Crippen LogP contribution in [-0.4, -0.2) is 59.4 Å². The number of hydrogen-bond donors (Lipinski definition) is 3. The van der Waals surface area contributed by atoms with Gasteiger partial charge in [-0.3, -0.25) is 14.1 Å². The van der Waals surface area contributed by atoms with E-state index in [1.165, 1.54) is 6.07 Å². The lowest BCUT2D eigenvalue weighted by molar-refractivity contribution is -0.142. The summed E-state index contributed by atoms with van der Waals surface area (Å²) in [4.78, 5) is 17.5. The fourth-order valence-corrected chi connectivity index (χ4v) is 5.43. The molecule has 0 saturated heterocycles. The summed E-state index contributed by atoms with van der Waals surface area (Å²) >= 11 is 0. The summed E-state index contributed by atoms with van der Waals surface area (Å²) in [5.74, 6) is -1.29. The summed E-state index contributed by atoms with van der Waals surface area (Å²) in [6, 6.07) is 10.6. The van der Waals surface area contributed by atoms with Gasteiger partial charge >= 0.3 is 5.97 Å². The number of para-hydroxylation sites is 1. The summed E-state index contributed by atoms with van der Waals surface area (Å²) < 4.78 is 34.1. The van der Waals surface area contributed by atoms with Gasteiger partial charge in [0.15, 0.2) is 0 Å². The van der Waals surface area contributed by atoms with Crippen molar-refractivity contribution in [1.82, 2.24) is 15.2 Å². The van der Waals surface area contributed by atoms with Crippen LogP contribution in [0.1, 0.15) is 55.6 Å². The van der Waals surface area contributed by atoms with Gasteiger partial charge in [0.2, 0.25) is 0 Å². The maximum Gasteiger partial charge on any atom is 0.307 e. The predicted octanol–water partition coefficient (Wildman–Crippen LogP) is 5.39. The van der Waals surface area contributed by atoms with E-state index in [0.717, 1.165) is 22.2 Å². The molecule has 2 aromatic carbocycles. The van der Waals surface area contributed by atoms with Crippen LogP contribution in [0.2, 0.25) is 0 Å². The maximum absolute atomic E-state index is 15.8. The number of H-pyrrole nitrogens is 1. The largest absolute Gasteiger partial charge is 0.492 e. The highest BCUT2D eigenvalue weighted by molar-refractivity contribution is 5.85. The van der Waals surface area contributed by atoms with E-state index >= 15 is 4.39 Å². The molecule has 0 aliphatic carbocycles. The second-order valence-electron chi connectivity index (χ2n) is 10.6. The number of carboxylic acid groups (broad SMARTS) is 1. The quantitative estimate of drug-likeness (QED) is 0.300. The third kappa shape index (κ3) is 5.50. The molecule has 2 heterocycles. The molecule has 37 heavy (non-hydrogen) atoms. The molecule has 0 spiro atoms. The topological polar surface area (TPSA) is 77.6 Å². The van der Waals surface area contributed by atoms with Gasteiger partial charge in [-0.05, 0) is 69.5 Å². The highest BCUT2D eigenvalue weighted by Crippen LogP contribution is 2.47. The van der Waals surface area contributed by atoms with E-state index in [1.807, 2.05) is 25.1 Å². The van der Waals surface area contributed by atoms with E-state index in [2.05, 4.69) is 35.1 Å². The SMILES string of the molecule is Cc1c(OCCNCCCF)ccc(F)c1C1c2[nH]c3ccccc3c2CC(C)(C)N1CC(C)C(=O)O. The molecule has 200 valence electrons. The van der Waals surface area contributed by atoms with Gasteiger partial charge in [-0.2, -0.15) is 0 Å². The van der Waals surface area contributed by atoms with Gasteiger partial charge in [0.25, 0.3) is 0 Å². The lowest BCUT2D eigenvalue weighted by atomic mass is 9.79. The van der Waals surface area contributed by atoms with Crippen molar-refractivity contribution in [3.05, 3.63) is 64.6 Å². The second-order valence-corrected chi connectivity index (χ2v) is 10.6. The minimum absolute atomic E-state index is 0.268. The van der Waals surface area contributed by atoms with Crippen LogP contribution < -0.4 is 10.1 Å². The van der Waals surface area contributed by atoms with Crippen LogP contribution >= 0.6 is 0 Å². The Hall–Kier alpha value is -2.97. The summed E-state index contributed by atoms with van der Waals surface area (Å²) in [7, 11) is 0. The van der Waals surface area contributed by atoms with Crippen molar-refractivity contribution in [2.45, 2.75) is 52.1 Å². The van der Waals surface area contributed by atoms with Gasteiger partial charge in [-0.15, -0.1) is 0 Å². The highest BCUT2D eigenvalue weighted by Gasteiger charge is 2.44. The Morgan fingerprint density at radius 3 is 2.76 bits per heavy atom. The molecule has 1 aliphatic heterocycles. The van der Waals surface area contributed by atoms with Gasteiger partial charge in [-0.1, -0.05) is 25.1 Å². The Kier molecular flexibility index (Phi) is 8.19. The zero-order valence-corrected chi connectivity index (χ0v) is 22.0. The van der Waals surface area contributed by atoms with Crippen LogP contribution in [0.4, 0.5) is 8.78 Å². The molecule has 0 fully saturated rings. The Morgan fingerprint density at radius 1 is 1.27 bits per heavy atom. The molecule has 3 N–H and O–H groups in total. The molecule has 3 aromatic rings. The second kappa shape index (κ2) is 11.2. The fourth-order valence-electron chi connectivity index (χ4n) is 5.43. The minimum atomic E-state index is -0.883. The first-order valence-electron chi connectivity index (χ1n) is 12.9. The maximum atomic E-state index is 15.8. The Morgan fingerprint density at radius 2 is 2.03 bits per heavy atom. The van der Waals surface area contributed by atoms with E-state index in [0.29, 0.717) is 49.4 Å². The summed E-state index contributed by atoms with van der Waals surface area (Å²) in [6.45, 7) is 9.13. The molecule has 1 aromatic heterocycles. The average molecular weight is 514 g/mol. The number of rotatable bonds is 11. The summed E-state index contributed by atoms with van der Waals surface area (Å²) in [6.07, 6.45) is 1.16. The smallest absolute Gasteiger partial charge is 0.307 e. The van der Waals surface area contributed by atoms with Gasteiger partial charge in [0.05, 0.1) is 18.6 Å². The molecule has 1 aliphatic rings. The molecule has 0 radical (unpaired) electrons. The van der Waals surface area contributed by atoms with E-state index < -0.39 is 23.5 Å². The Balaban J connectivity index is 1.79. The number of benzene rings is 2. The number of carbonyl (C=O) groups is 1. The van der Waals surface area contributed by atoms with Crippen molar-refractivity contribution in [2.24, 2.45) is 5.92 Å². The van der Waals surface area contributed by atoms with Crippen LogP contribution in [0, 0.1) is 18.7 Å². The number of carboxylic acids is 1. The Bertz CT molecular complexity index is 1260. The predicted molar refractivity (Wildman–Crippen MR) is 142 cm³/mol. The number of nitrogens with zero attached hydrogens (tertiary/aromatic N) is 1. The lowest BCUT2D eigenvalue weighted by Crippen LogP contribution is -2.53. The van der Waals surface area contributed by atoms with Gasteiger partial charge in [0, 0.05) is 40.8 Å². The van der Waals surface area contributed by atoms with Crippen molar-refractivity contribution in [3.8, 4) is 5.75 Å². The van der Waals surface area contributed by atoms with E-state index in [4.69, 9.17) is 4.74 Å². The number of aromatic amines is 1. The molecular weight excluding hydrogens is 476 g/mol. The first-order chi connectivity index (χ1) is 17.7. The molecule has 0 saturated carbocycles. The first kappa shape index (κ1) is 27.1. The van der Waals surface area contributed by atoms with Crippen LogP contribution in [0.15, 0.2) is 36.4 Å². The van der Waals surface area contributed by atoms with Crippen molar-refractivity contribution in [2.75, 3.05) is 32.9 Å². The van der Waals surface area contributed by atoms with Crippen LogP contribution in [0.3, 0.4) is 0 Å². The molecule has 6 nitrogen and oxygen atoms in total. The molecule has 2 atom stereocenters. The number of hydrogen-bond acceptors (Lipinski definition) is 4. The number of fused-ring (bicyclic) bond motifs is 3. The highest BCUT2D eigenvalue weighted by atomic mass is 19.1. The third-order valence-electron chi connectivity index (χ3n) is 7.42. The fraction of sp³-hybridized carbons (Fsp3) is 0.483. The normalized spacial score (nSPS) is 18.1. The van der Waals surface area contributed by atoms with Crippen LogP contribution in [-0.2, 0) is 11.2 Å². The standard InChI is InChI=1S/C29H37F2N3O3/c1-18(28(35)36)17-34-27(26-21(16-29(34,3)4)20-8-5-6-9-23(20)33-26)25-19(2)24(11-10-22(25)31)37-15-14-32-13-7-12-30/h5-6,8-11,18,27,32-33H,7,12-17H2,1-4H3,(H,35,36). The van der Waals surface area contributed by atoms with E-state index in [1.54, 1.807) is 13.0 Å². The number of halogens is 2. The summed E-state index contributed by atoms with van der Waals surface area (Å²) in [5.41, 5.74) is 3.75. The monoisotopic (exact) mass is 513 g/mol. The molecule has 8 heteroatoms. The number of alkyl halides is 1. The van der Waals surface area contributed by atoms with Crippen molar-refractivity contribution in [3.63, 3.8) is 0 Å². The molecule has 0 bridgehead atoms. The Labute approximate surface area is 217 Å². The average Bonchev–Trinajstić information content (AvgIpc) is 3.21. The van der Waals surface area contributed by atoms with Crippen molar-refractivity contribution >= 4 is 16.9 Å². The zero-order valence-electron chi connectivity index (χ0n) is 22.0. The van der Waals surface area contributed by atoms with Crippen LogP contribution in [0.5, 0.6) is 5.75 Å². The molecular formula is C29H37F2N3O3. The molecule has 2 unspecified atom stereocenters. The van der Waals surface area contributed by atoms with Crippen molar-refractivity contribution < 1.29 is 23.4 Å². The third-order valence-corrected chi connectivity index (χ3v) is 7.42. The minimum Gasteiger partial charge on any atom is -0.492 e. The van der Waals surface area contributed by atoms with E-state index in [-0.39, 0.29) is 19.0 Å². The van der Waals surface area contributed by atoms with E-state index in [9.17, 15) is 14.3 Å². The zero-order chi connectivity index (χ0) is 26.7. The van der Waals surface area contributed by atoms with Gasteiger partial charge in [-0.25, -0.2) is 4.39 Å². The number of nitrogens with one attached hydrogen (secondary N) is 2.